The molecule has 0 aromatic heterocycles. The second-order valence-electron chi connectivity index (χ2n) is 13.3. The maximum Gasteiger partial charge on any atom is 0.119 e. The molecule has 0 radical (unpaired) electrons. The molecular formula is C47H58O10. The molecule has 0 aliphatic carbocycles. The number of hydrogen-bond donors (Lipinski definition) is 2. The molecule has 0 bridgehead atoms. The number of rotatable bonds is 11. The highest BCUT2D eigenvalue weighted by atomic mass is 16.6. The molecule has 5 aliphatic rings. The third kappa shape index (κ3) is 25.9. The van der Waals surface area contributed by atoms with E-state index in [1.807, 2.05) is 127 Å². The van der Waals surface area contributed by atoms with Gasteiger partial charge >= 0.3 is 0 Å². The fraction of sp³-hybridized carbons (Fsp3) is 0.362. The minimum absolute atomic E-state index is 0.190. The van der Waals surface area contributed by atoms with E-state index in [-0.39, 0.29) is 25.4 Å². The van der Waals surface area contributed by atoms with Gasteiger partial charge in [-0.25, -0.2) is 0 Å². The van der Waals surface area contributed by atoms with Crippen LogP contribution in [0.5, 0.6) is 17.2 Å². The largest absolute Gasteiger partial charge is 0.491 e. The smallest absolute Gasteiger partial charge is 0.119 e. The van der Waals surface area contributed by atoms with Gasteiger partial charge in [-0.15, -0.1) is 0 Å². The molecule has 5 aromatic rings. The van der Waals surface area contributed by atoms with Crippen LogP contribution in [0.4, 0.5) is 0 Å². The van der Waals surface area contributed by atoms with Crippen molar-refractivity contribution < 1.29 is 48.1 Å². The summed E-state index contributed by atoms with van der Waals surface area (Å²) < 4.78 is 40.4. The minimum atomic E-state index is 0.190. The van der Waals surface area contributed by atoms with Crippen LogP contribution in [0.2, 0.25) is 0 Å². The Balaban J connectivity index is 0.000000151. The van der Waals surface area contributed by atoms with E-state index in [0.29, 0.717) is 38.1 Å². The second kappa shape index (κ2) is 27.8. The van der Waals surface area contributed by atoms with Gasteiger partial charge in [0, 0.05) is 0 Å². The van der Waals surface area contributed by atoms with Crippen LogP contribution in [-0.2, 0) is 23.7 Å². The van der Waals surface area contributed by atoms with Crippen molar-refractivity contribution >= 4 is 0 Å². The highest BCUT2D eigenvalue weighted by Crippen LogP contribution is 2.15. The first kappa shape index (κ1) is 44.9. The molecule has 10 nitrogen and oxygen atoms in total. The maximum atomic E-state index is 8.08. The summed E-state index contributed by atoms with van der Waals surface area (Å²) in [6.45, 7) is 10.7. The fourth-order valence-corrected chi connectivity index (χ4v) is 4.03. The Labute approximate surface area is 337 Å². The monoisotopic (exact) mass is 782 g/mol. The topological polar surface area (TPSA) is 131 Å². The lowest BCUT2D eigenvalue weighted by molar-refractivity contribution is 0.244. The number of aliphatic hydroxyl groups is 2. The Morgan fingerprint density at radius 3 is 0.719 bits per heavy atom. The first-order valence-electron chi connectivity index (χ1n) is 19.4. The van der Waals surface area contributed by atoms with Gasteiger partial charge in [0.2, 0.25) is 0 Å². The molecule has 5 atom stereocenters. The van der Waals surface area contributed by atoms with Gasteiger partial charge in [-0.05, 0) is 50.2 Å². The lowest BCUT2D eigenvalue weighted by Crippen LogP contribution is -2.03. The van der Waals surface area contributed by atoms with E-state index >= 15 is 0 Å². The van der Waals surface area contributed by atoms with Crippen molar-refractivity contribution in [2.24, 2.45) is 0 Å². The summed E-state index contributed by atoms with van der Waals surface area (Å²) in [5, 5.41) is 16.2. The number of aliphatic hydroxyl groups excluding tert-OH is 2. The van der Waals surface area contributed by atoms with Crippen molar-refractivity contribution in [3.05, 3.63) is 163 Å². The van der Waals surface area contributed by atoms with E-state index in [2.05, 4.69) is 47.6 Å². The molecule has 5 aliphatic heterocycles. The zero-order chi connectivity index (χ0) is 40.2. The number of para-hydroxylation sites is 3. The molecule has 5 unspecified atom stereocenters. The fourth-order valence-electron chi connectivity index (χ4n) is 4.03. The number of benzene rings is 5. The molecule has 10 rings (SSSR count). The van der Waals surface area contributed by atoms with E-state index in [1.165, 1.54) is 11.1 Å². The molecule has 10 heteroatoms. The summed E-state index contributed by atoms with van der Waals surface area (Å²) >= 11 is 0. The van der Waals surface area contributed by atoms with E-state index in [4.69, 9.17) is 38.6 Å². The van der Waals surface area contributed by atoms with Gasteiger partial charge in [-0.2, -0.15) is 0 Å². The lowest BCUT2D eigenvalue weighted by Gasteiger charge is -2.01. The predicted molar refractivity (Wildman–Crippen MR) is 221 cm³/mol. The van der Waals surface area contributed by atoms with Gasteiger partial charge < -0.3 is 48.1 Å². The summed E-state index contributed by atoms with van der Waals surface area (Å²) in [4.78, 5) is 0. The maximum absolute atomic E-state index is 8.08. The number of ether oxygens (including phenoxy) is 8. The molecule has 2 N–H and O–H groups in total. The average Bonchev–Trinajstić information content (AvgIpc) is 4.04. The van der Waals surface area contributed by atoms with Gasteiger partial charge in [0.15, 0.2) is 0 Å². The van der Waals surface area contributed by atoms with Gasteiger partial charge in [0.25, 0.3) is 0 Å². The molecule has 5 fully saturated rings. The summed E-state index contributed by atoms with van der Waals surface area (Å²) in [5.41, 5.74) is 2.64. The first-order chi connectivity index (χ1) is 28.0. The van der Waals surface area contributed by atoms with Crippen molar-refractivity contribution in [2.75, 3.05) is 66.1 Å². The zero-order valence-corrected chi connectivity index (χ0v) is 33.1. The Bertz CT molecular complexity index is 1470. The Morgan fingerprint density at radius 1 is 0.368 bits per heavy atom. The van der Waals surface area contributed by atoms with Crippen molar-refractivity contribution in [3.63, 3.8) is 0 Å². The highest BCUT2D eigenvalue weighted by molar-refractivity contribution is 5.22. The van der Waals surface area contributed by atoms with Crippen LogP contribution >= 0.6 is 0 Å². The molecule has 0 spiro atoms. The molecule has 57 heavy (non-hydrogen) atoms. The Hall–Kier alpha value is -4.78. The average molecular weight is 783 g/mol. The van der Waals surface area contributed by atoms with Crippen LogP contribution in [0.3, 0.4) is 0 Å². The Morgan fingerprint density at radius 2 is 0.579 bits per heavy atom. The quantitative estimate of drug-likeness (QED) is 0.133. The number of aryl methyl sites for hydroxylation is 2. The van der Waals surface area contributed by atoms with E-state index in [1.54, 1.807) is 0 Å². The second-order valence-corrected chi connectivity index (χ2v) is 13.3. The highest BCUT2D eigenvalue weighted by Gasteiger charge is 2.24. The van der Waals surface area contributed by atoms with Crippen molar-refractivity contribution in [1.29, 1.82) is 0 Å². The minimum Gasteiger partial charge on any atom is -0.491 e. The summed E-state index contributed by atoms with van der Waals surface area (Å²) in [5.74, 6) is 2.76. The van der Waals surface area contributed by atoms with Crippen LogP contribution < -0.4 is 14.2 Å². The third-order valence-corrected chi connectivity index (χ3v) is 7.84. The van der Waals surface area contributed by atoms with E-state index in [9.17, 15) is 0 Å². The zero-order valence-electron chi connectivity index (χ0n) is 33.1. The summed E-state index contributed by atoms with van der Waals surface area (Å²) in [7, 11) is 0. The normalized spacial score (nSPS) is 20.5. The first-order valence-corrected chi connectivity index (χ1v) is 19.4. The van der Waals surface area contributed by atoms with Gasteiger partial charge in [0.05, 0.1) is 46.2 Å². The van der Waals surface area contributed by atoms with Crippen LogP contribution in [-0.4, -0.2) is 107 Å². The van der Waals surface area contributed by atoms with Gasteiger partial charge in [0.1, 0.15) is 67.6 Å². The molecule has 5 saturated heterocycles. The molecule has 306 valence electrons. The van der Waals surface area contributed by atoms with Gasteiger partial charge in [-0.3, -0.25) is 0 Å². The van der Waals surface area contributed by atoms with Crippen LogP contribution in [0.15, 0.2) is 152 Å². The number of hydrogen-bond acceptors (Lipinski definition) is 10. The molecule has 5 heterocycles. The molecule has 5 aromatic carbocycles. The van der Waals surface area contributed by atoms with Crippen molar-refractivity contribution in [2.45, 2.75) is 44.4 Å². The van der Waals surface area contributed by atoms with E-state index in [0.717, 1.165) is 50.3 Å². The van der Waals surface area contributed by atoms with Crippen LogP contribution in [0, 0.1) is 13.8 Å². The standard InChI is InChI=1S/3C9H10O2.2C7H8.2C3H6O2/c3*1-2-4-8(5-3-1)10-6-9-7-11-9;2*1-7-5-3-2-4-6-7;2*4-1-3-2-5-3/h3*1-5,9H,6-7H2;2*2-6H,1H3;2*3-4H,1-2H2. The van der Waals surface area contributed by atoms with E-state index < -0.39 is 0 Å². The van der Waals surface area contributed by atoms with Crippen molar-refractivity contribution in [3.8, 4) is 17.2 Å². The van der Waals surface area contributed by atoms with Crippen LogP contribution in [0.1, 0.15) is 11.1 Å². The summed E-state index contributed by atoms with van der Waals surface area (Å²) in [6.07, 6.45) is 1.41. The molecular weight excluding hydrogens is 725 g/mol. The Kier molecular flexibility index (Phi) is 21.9. The van der Waals surface area contributed by atoms with Crippen molar-refractivity contribution in [1.82, 2.24) is 0 Å². The van der Waals surface area contributed by atoms with Crippen LogP contribution in [0.25, 0.3) is 0 Å². The van der Waals surface area contributed by atoms with Gasteiger partial charge in [-0.1, -0.05) is 126 Å². The SMILES string of the molecule is Cc1ccccc1.Cc1ccccc1.OCC1CO1.OCC1CO1.c1ccc(OCC2CO2)cc1.c1ccc(OCC2CO2)cc1.c1ccc(OCC2CO2)cc1. The summed E-state index contributed by atoms with van der Waals surface area (Å²) in [6, 6.07) is 49.9. The molecule has 0 saturated carbocycles. The predicted octanol–water partition coefficient (Wildman–Crippen LogP) is 7.14. The lowest BCUT2D eigenvalue weighted by atomic mass is 10.2. The molecule has 0 amide bonds. The number of epoxide rings is 5. The third-order valence-electron chi connectivity index (χ3n) is 7.84.